The lowest BCUT2D eigenvalue weighted by Crippen LogP contribution is -2.15. The molecule has 0 aliphatic carbocycles. The first kappa shape index (κ1) is 10.4. The molecule has 0 unspecified atom stereocenters. The fourth-order valence-electron chi connectivity index (χ4n) is 1.30. The maximum Gasteiger partial charge on any atom is 0.119 e. The van der Waals surface area contributed by atoms with E-state index in [4.69, 9.17) is 9.47 Å². The van der Waals surface area contributed by atoms with E-state index in [0.29, 0.717) is 6.61 Å². The summed E-state index contributed by atoms with van der Waals surface area (Å²) in [4.78, 5) is 0. The Morgan fingerprint density at radius 3 is 2.75 bits per heavy atom. The van der Waals surface area contributed by atoms with Crippen LogP contribution in [-0.4, -0.2) is 13.7 Å². The van der Waals surface area contributed by atoms with Gasteiger partial charge in [0.2, 0.25) is 0 Å². The van der Waals surface area contributed by atoms with Crippen LogP contribution >= 0.6 is 0 Å². The zero-order valence-electron chi connectivity index (χ0n) is 9.07. The molecule has 0 saturated carbocycles. The normalized spacial score (nSPS) is 15.9. The first-order valence-electron chi connectivity index (χ1n) is 5.01. The lowest BCUT2D eigenvalue weighted by molar-refractivity contribution is 0.301. The largest absolute Gasteiger partial charge is 0.497 e. The van der Waals surface area contributed by atoms with Crippen molar-refractivity contribution in [2.24, 2.45) is 0 Å². The minimum absolute atomic E-state index is 0.622. The van der Waals surface area contributed by atoms with Crippen molar-refractivity contribution in [2.75, 3.05) is 19.1 Å². The third kappa shape index (κ3) is 2.70. The summed E-state index contributed by atoms with van der Waals surface area (Å²) in [5, 5.41) is 0. The zero-order chi connectivity index (χ0) is 11.2. The Bertz CT molecular complexity index is 396. The number of anilines is 1. The van der Waals surface area contributed by atoms with Crippen molar-refractivity contribution < 1.29 is 9.47 Å². The molecule has 0 saturated heterocycles. The van der Waals surface area contributed by atoms with Gasteiger partial charge < -0.3 is 20.3 Å². The number of benzene rings is 1. The van der Waals surface area contributed by atoms with Gasteiger partial charge in [0.25, 0.3) is 0 Å². The molecule has 1 aliphatic heterocycles. The summed E-state index contributed by atoms with van der Waals surface area (Å²) >= 11 is 0. The highest BCUT2D eigenvalue weighted by Crippen LogP contribution is 2.14. The molecule has 0 aromatic heterocycles. The third-order valence-corrected chi connectivity index (χ3v) is 2.19. The summed E-state index contributed by atoms with van der Waals surface area (Å²) in [6.07, 6.45) is 5.47. The Hall–Kier alpha value is -2.10. The Morgan fingerprint density at radius 2 is 2.12 bits per heavy atom. The molecular formula is C12H14N2O2. The van der Waals surface area contributed by atoms with E-state index in [0.717, 1.165) is 17.0 Å². The average Bonchev–Trinajstić information content (AvgIpc) is 2.83. The molecule has 84 valence electrons. The van der Waals surface area contributed by atoms with Gasteiger partial charge in [-0.25, -0.2) is 0 Å². The van der Waals surface area contributed by atoms with E-state index in [1.54, 1.807) is 13.4 Å². The van der Waals surface area contributed by atoms with Crippen LogP contribution in [0.3, 0.4) is 0 Å². The molecule has 1 heterocycles. The SMILES string of the molecule is COc1ccc(NNC=C2C=COC2)cc1. The number of hydrogen-bond donors (Lipinski definition) is 2. The van der Waals surface area contributed by atoms with Gasteiger partial charge in [0.1, 0.15) is 12.4 Å². The van der Waals surface area contributed by atoms with Crippen LogP contribution in [0.2, 0.25) is 0 Å². The van der Waals surface area contributed by atoms with E-state index in [9.17, 15) is 0 Å². The molecule has 0 amide bonds. The number of rotatable bonds is 4. The Morgan fingerprint density at radius 1 is 1.31 bits per heavy atom. The minimum atomic E-state index is 0.622. The smallest absolute Gasteiger partial charge is 0.119 e. The molecule has 4 heteroatoms. The van der Waals surface area contributed by atoms with E-state index in [2.05, 4.69) is 10.9 Å². The molecule has 1 aromatic carbocycles. The maximum absolute atomic E-state index is 5.07. The number of hydrazine groups is 1. The maximum atomic E-state index is 5.07. The summed E-state index contributed by atoms with van der Waals surface area (Å²) in [7, 11) is 1.65. The van der Waals surface area contributed by atoms with Crippen molar-refractivity contribution in [3.63, 3.8) is 0 Å². The van der Waals surface area contributed by atoms with Crippen LogP contribution in [0.5, 0.6) is 5.75 Å². The van der Waals surface area contributed by atoms with Gasteiger partial charge in [0.05, 0.1) is 19.1 Å². The molecule has 2 N–H and O–H groups in total. The Kier molecular flexibility index (Phi) is 3.33. The molecule has 1 aliphatic rings. The molecule has 0 radical (unpaired) electrons. The number of hydrogen-bond acceptors (Lipinski definition) is 4. The van der Waals surface area contributed by atoms with E-state index in [-0.39, 0.29) is 0 Å². The fraction of sp³-hybridized carbons (Fsp3) is 0.167. The summed E-state index contributed by atoms with van der Waals surface area (Å²) < 4.78 is 10.1. The molecule has 0 spiro atoms. The Balaban J connectivity index is 1.84. The summed E-state index contributed by atoms with van der Waals surface area (Å²) in [6, 6.07) is 7.67. The van der Waals surface area contributed by atoms with Crippen LogP contribution < -0.4 is 15.6 Å². The van der Waals surface area contributed by atoms with Gasteiger partial charge in [0.15, 0.2) is 0 Å². The number of nitrogens with one attached hydrogen (secondary N) is 2. The average molecular weight is 218 g/mol. The van der Waals surface area contributed by atoms with Crippen LogP contribution in [-0.2, 0) is 4.74 Å². The van der Waals surface area contributed by atoms with Crippen molar-refractivity contribution in [2.45, 2.75) is 0 Å². The van der Waals surface area contributed by atoms with Crippen molar-refractivity contribution >= 4 is 5.69 Å². The number of ether oxygens (including phenoxy) is 2. The number of methoxy groups -OCH3 is 1. The van der Waals surface area contributed by atoms with Crippen molar-refractivity contribution in [3.05, 3.63) is 48.4 Å². The standard InChI is InChI=1S/C12H14N2O2/c1-15-12-4-2-11(3-5-12)14-13-8-10-6-7-16-9-10/h2-8,13-14H,9H2,1H3. The Labute approximate surface area is 94.5 Å². The second-order valence-corrected chi connectivity index (χ2v) is 3.33. The molecule has 0 atom stereocenters. The highest BCUT2D eigenvalue weighted by Gasteiger charge is 1.98. The van der Waals surface area contributed by atoms with Gasteiger partial charge in [-0.1, -0.05) is 0 Å². The van der Waals surface area contributed by atoms with Gasteiger partial charge >= 0.3 is 0 Å². The van der Waals surface area contributed by atoms with Crippen molar-refractivity contribution in [1.29, 1.82) is 0 Å². The minimum Gasteiger partial charge on any atom is -0.497 e. The highest BCUT2D eigenvalue weighted by atomic mass is 16.5. The van der Waals surface area contributed by atoms with Crippen LogP contribution in [0.25, 0.3) is 0 Å². The van der Waals surface area contributed by atoms with Gasteiger partial charge in [0, 0.05) is 11.8 Å². The topological polar surface area (TPSA) is 42.5 Å². The van der Waals surface area contributed by atoms with Crippen LogP contribution in [0.15, 0.2) is 48.4 Å². The van der Waals surface area contributed by atoms with Gasteiger partial charge in [-0.3, -0.25) is 0 Å². The first-order chi connectivity index (χ1) is 7.88. The molecule has 0 fully saturated rings. The van der Waals surface area contributed by atoms with E-state index >= 15 is 0 Å². The first-order valence-corrected chi connectivity index (χ1v) is 5.01. The van der Waals surface area contributed by atoms with Crippen molar-refractivity contribution in [3.8, 4) is 5.75 Å². The highest BCUT2D eigenvalue weighted by molar-refractivity contribution is 5.45. The van der Waals surface area contributed by atoms with E-state index < -0.39 is 0 Å². The van der Waals surface area contributed by atoms with Gasteiger partial charge in [-0.2, -0.15) is 0 Å². The fourth-order valence-corrected chi connectivity index (χ4v) is 1.30. The zero-order valence-corrected chi connectivity index (χ0v) is 9.07. The monoisotopic (exact) mass is 218 g/mol. The quantitative estimate of drug-likeness (QED) is 0.759. The van der Waals surface area contributed by atoms with Gasteiger partial charge in [-0.15, -0.1) is 0 Å². The molecule has 4 nitrogen and oxygen atoms in total. The third-order valence-electron chi connectivity index (χ3n) is 2.19. The molecule has 2 rings (SSSR count). The summed E-state index contributed by atoms with van der Waals surface area (Å²) in [5.74, 6) is 0.844. The predicted octanol–water partition coefficient (Wildman–Crippen LogP) is 2.04. The lowest BCUT2D eigenvalue weighted by atomic mass is 10.3. The van der Waals surface area contributed by atoms with E-state index in [1.807, 2.05) is 36.5 Å². The second kappa shape index (κ2) is 5.11. The molecular weight excluding hydrogens is 204 g/mol. The van der Waals surface area contributed by atoms with Gasteiger partial charge in [-0.05, 0) is 30.3 Å². The summed E-state index contributed by atoms with van der Waals surface area (Å²) in [6.45, 7) is 0.622. The molecule has 1 aromatic rings. The van der Waals surface area contributed by atoms with E-state index in [1.165, 1.54) is 0 Å². The van der Waals surface area contributed by atoms with Crippen LogP contribution in [0.1, 0.15) is 0 Å². The lowest BCUT2D eigenvalue weighted by Gasteiger charge is -2.07. The van der Waals surface area contributed by atoms with Crippen molar-refractivity contribution in [1.82, 2.24) is 5.43 Å². The second-order valence-electron chi connectivity index (χ2n) is 3.33. The summed E-state index contributed by atoms with van der Waals surface area (Å²) in [5.41, 5.74) is 8.12. The van der Waals surface area contributed by atoms with Crippen LogP contribution in [0.4, 0.5) is 5.69 Å². The molecule has 0 bridgehead atoms. The molecule has 16 heavy (non-hydrogen) atoms. The predicted molar refractivity (Wildman–Crippen MR) is 62.9 cm³/mol. The van der Waals surface area contributed by atoms with Crippen LogP contribution in [0, 0.1) is 0 Å².